The number of amides is 1. The Morgan fingerprint density at radius 2 is 1.96 bits per heavy atom. The number of aromatic nitrogens is 2. The number of benzene rings is 1. The van der Waals surface area contributed by atoms with Crippen molar-refractivity contribution in [3.63, 3.8) is 0 Å². The van der Waals surface area contributed by atoms with Gasteiger partial charge in [-0.25, -0.2) is 4.98 Å². The Morgan fingerprint density at radius 3 is 2.64 bits per heavy atom. The maximum absolute atomic E-state index is 12.9. The number of carbonyl (C=O) groups is 1. The van der Waals surface area contributed by atoms with Crippen LogP contribution in [0.5, 0.6) is 0 Å². The van der Waals surface area contributed by atoms with Crippen molar-refractivity contribution < 1.29 is 4.79 Å². The van der Waals surface area contributed by atoms with Crippen LogP contribution in [0, 0.1) is 13.8 Å². The summed E-state index contributed by atoms with van der Waals surface area (Å²) < 4.78 is 0. The second kappa shape index (κ2) is 7.85. The Kier molecular flexibility index (Phi) is 5.28. The van der Waals surface area contributed by atoms with Gasteiger partial charge in [0.15, 0.2) is 0 Å². The van der Waals surface area contributed by atoms with E-state index in [1.165, 1.54) is 41.6 Å². The maximum Gasteiger partial charge on any atom is 0.261 e. The number of hydrogen-bond acceptors (Lipinski definition) is 5. The zero-order valence-corrected chi connectivity index (χ0v) is 16.9. The first kappa shape index (κ1) is 18.8. The maximum atomic E-state index is 12.9. The van der Waals surface area contributed by atoms with Crippen LogP contribution >= 0.6 is 11.3 Å². The average Bonchev–Trinajstić information content (AvgIpc) is 3.32. The van der Waals surface area contributed by atoms with E-state index >= 15 is 0 Å². The molecule has 2 N–H and O–H groups in total. The molecule has 3 heterocycles. The first-order valence-corrected chi connectivity index (χ1v) is 10.4. The van der Waals surface area contributed by atoms with Crippen LogP contribution in [0.3, 0.4) is 0 Å². The molecule has 0 unspecified atom stereocenters. The summed E-state index contributed by atoms with van der Waals surface area (Å²) in [6, 6.07) is 8.70. The van der Waals surface area contributed by atoms with E-state index in [1.807, 2.05) is 6.92 Å². The molecule has 0 radical (unpaired) electrons. The van der Waals surface area contributed by atoms with Crippen LogP contribution in [0.15, 0.2) is 35.4 Å². The molecule has 0 aliphatic carbocycles. The molecule has 3 aromatic rings. The normalized spacial score (nSPS) is 15.8. The molecule has 1 fully saturated rings. The van der Waals surface area contributed by atoms with Gasteiger partial charge in [-0.1, -0.05) is 29.8 Å². The van der Waals surface area contributed by atoms with E-state index in [1.54, 1.807) is 0 Å². The highest BCUT2D eigenvalue weighted by atomic mass is 32.1. The van der Waals surface area contributed by atoms with Gasteiger partial charge in [0.05, 0.1) is 22.6 Å². The lowest BCUT2D eigenvalue weighted by molar-refractivity contribution is 0.0941. The van der Waals surface area contributed by atoms with Gasteiger partial charge >= 0.3 is 0 Å². The van der Waals surface area contributed by atoms with Crippen LogP contribution in [-0.2, 0) is 0 Å². The highest BCUT2D eigenvalue weighted by molar-refractivity contribution is 7.20. The molecule has 28 heavy (non-hydrogen) atoms. The molecular formula is C21H24N4O2S. The molecule has 6 nitrogen and oxygen atoms in total. The van der Waals surface area contributed by atoms with E-state index in [-0.39, 0.29) is 17.5 Å². The smallest absolute Gasteiger partial charge is 0.261 e. The third-order valence-corrected chi connectivity index (χ3v) is 6.64. The van der Waals surface area contributed by atoms with Crippen LogP contribution < -0.4 is 10.9 Å². The zero-order chi connectivity index (χ0) is 19.7. The van der Waals surface area contributed by atoms with Crippen molar-refractivity contribution in [2.24, 2.45) is 0 Å². The van der Waals surface area contributed by atoms with Gasteiger partial charge in [0.25, 0.3) is 11.5 Å². The minimum Gasteiger partial charge on any atom is -0.349 e. The lowest BCUT2D eigenvalue weighted by atomic mass is 10.0. The lowest BCUT2D eigenvalue weighted by Crippen LogP contribution is -2.36. The van der Waals surface area contributed by atoms with E-state index in [4.69, 9.17) is 0 Å². The van der Waals surface area contributed by atoms with Gasteiger partial charge in [-0.3, -0.25) is 14.5 Å². The van der Waals surface area contributed by atoms with Gasteiger partial charge in [0.2, 0.25) is 0 Å². The number of likely N-dealkylation sites (tertiary alicyclic amines) is 1. The van der Waals surface area contributed by atoms with Crippen LogP contribution in [0.1, 0.15) is 45.2 Å². The van der Waals surface area contributed by atoms with Crippen molar-refractivity contribution >= 4 is 27.5 Å². The molecular weight excluding hydrogens is 372 g/mol. The second-order valence-electron chi connectivity index (χ2n) is 7.35. The number of thiophene rings is 1. The molecule has 0 spiro atoms. The second-order valence-corrected chi connectivity index (χ2v) is 8.35. The standard InChI is InChI=1S/C21H24N4O2S/c1-13-5-7-15(8-6-13)16(25-9-3-4-10-25)11-22-20(27)18-14(2)17-19(26)23-12-24-21(17)28-18/h5-8,12,16H,3-4,9-11H2,1-2H3,(H,22,27)(H,23,24,26)/t16-/m0/s1. The van der Waals surface area contributed by atoms with Crippen LogP contribution in [0.2, 0.25) is 0 Å². The summed E-state index contributed by atoms with van der Waals surface area (Å²) in [4.78, 5) is 35.3. The van der Waals surface area contributed by atoms with E-state index in [0.29, 0.717) is 27.2 Å². The number of nitrogens with one attached hydrogen (secondary N) is 2. The third kappa shape index (κ3) is 3.59. The summed E-state index contributed by atoms with van der Waals surface area (Å²) in [5.41, 5.74) is 2.94. The molecule has 2 aromatic heterocycles. The summed E-state index contributed by atoms with van der Waals surface area (Å²) in [5.74, 6) is -0.142. The minimum absolute atomic E-state index is 0.142. The Morgan fingerprint density at radius 1 is 1.25 bits per heavy atom. The summed E-state index contributed by atoms with van der Waals surface area (Å²) in [6.45, 7) is 6.53. The fourth-order valence-electron chi connectivity index (χ4n) is 3.86. The number of nitrogens with zero attached hydrogens (tertiary/aromatic N) is 2. The number of aromatic amines is 1. The third-order valence-electron chi connectivity index (χ3n) is 5.44. The molecule has 1 saturated heterocycles. The van der Waals surface area contributed by atoms with Crippen molar-refractivity contribution in [3.8, 4) is 0 Å². The van der Waals surface area contributed by atoms with Gasteiger partial charge in [-0.05, 0) is 50.9 Å². The summed E-state index contributed by atoms with van der Waals surface area (Å²) in [7, 11) is 0. The number of H-pyrrole nitrogens is 1. The van der Waals surface area contributed by atoms with Crippen molar-refractivity contribution in [3.05, 3.63) is 62.5 Å². The number of aryl methyl sites for hydroxylation is 2. The Balaban J connectivity index is 1.56. The summed E-state index contributed by atoms with van der Waals surface area (Å²) in [5, 5.41) is 3.61. The van der Waals surface area contributed by atoms with Crippen LogP contribution in [-0.4, -0.2) is 40.4 Å². The highest BCUT2D eigenvalue weighted by Gasteiger charge is 2.25. The van der Waals surface area contributed by atoms with Gasteiger partial charge in [0, 0.05) is 6.54 Å². The first-order valence-electron chi connectivity index (χ1n) is 9.60. The first-order chi connectivity index (χ1) is 13.5. The molecule has 1 aromatic carbocycles. The van der Waals surface area contributed by atoms with E-state index in [0.717, 1.165) is 13.1 Å². The predicted octanol–water partition coefficient (Wildman–Crippen LogP) is 3.17. The SMILES string of the molecule is Cc1ccc([C@H](CNC(=O)c2sc3nc[nH]c(=O)c3c2C)N2CCCC2)cc1. The monoisotopic (exact) mass is 396 g/mol. The quantitative estimate of drug-likeness (QED) is 0.694. The Hall–Kier alpha value is -2.51. The van der Waals surface area contributed by atoms with E-state index < -0.39 is 0 Å². The molecule has 1 aliphatic heterocycles. The van der Waals surface area contributed by atoms with Crippen LogP contribution in [0.4, 0.5) is 0 Å². The van der Waals surface area contributed by atoms with Crippen molar-refractivity contribution in [2.45, 2.75) is 32.7 Å². The molecule has 1 amide bonds. The summed E-state index contributed by atoms with van der Waals surface area (Å²) >= 11 is 1.27. The zero-order valence-electron chi connectivity index (χ0n) is 16.1. The molecule has 1 aliphatic rings. The molecule has 146 valence electrons. The lowest BCUT2D eigenvalue weighted by Gasteiger charge is -2.28. The van der Waals surface area contributed by atoms with Crippen molar-refractivity contribution in [1.82, 2.24) is 20.2 Å². The Bertz CT molecular complexity index is 1050. The minimum atomic E-state index is -0.201. The fraction of sp³-hybridized carbons (Fsp3) is 0.381. The molecule has 1 atom stereocenters. The van der Waals surface area contributed by atoms with Gasteiger partial charge < -0.3 is 10.3 Å². The summed E-state index contributed by atoms with van der Waals surface area (Å²) in [6.07, 6.45) is 3.77. The topological polar surface area (TPSA) is 78.1 Å². The number of carbonyl (C=O) groups excluding carboxylic acids is 1. The average molecular weight is 397 g/mol. The van der Waals surface area contributed by atoms with Gasteiger partial charge in [0.1, 0.15) is 4.83 Å². The number of fused-ring (bicyclic) bond motifs is 1. The van der Waals surface area contributed by atoms with Gasteiger partial charge in [-0.2, -0.15) is 0 Å². The van der Waals surface area contributed by atoms with Crippen molar-refractivity contribution in [1.29, 1.82) is 0 Å². The molecule has 0 saturated carbocycles. The van der Waals surface area contributed by atoms with Crippen LogP contribution in [0.25, 0.3) is 10.2 Å². The molecule has 0 bridgehead atoms. The molecule has 4 rings (SSSR count). The van der Waals surface area contributed by atoms with Gasteiger partial charge in [-0.15, -0.1) is 11.3 Å². The largest absolute Gasteiger partial charge is 0.349 e. The van der Waals surface area contributed by atoms with Crippen molar-refractivity contribution in [2.75, 3.05) is 19.6 Å². The highest BCUT2D eigenvalue weighted by Crippen LogP contribution is 2.28. The number of hydrogen-bond donors (Lipinski definition) is 2. The Labute approximate surface area is 167 Å². The van der Waals surface area contributed by atoms with E-state index in [2.05, 4.69) is 51.4 Å². The number of rotatable bonds is 5. The van der Waals surface area contributed by atoms with E-state index in [9.17, 15) is 9.59 Å². The predicted molar refractivity (Wildman–Crippen MR) is 112 cm³/mol. The molecule has 7 heteroatoms. The fourth-order valence-corrected chi connectivity index (χ4v) is 4.93.